The summed E-state index contributed by atoms with van der Waals surface area (Å²) in [6, 6.07) is 5.44. The van der Waals surface area contributed by atoms with Gasteiger partial charge in [-0.15, -0.1) is 0 Å². The van der Waals surface area contributed by atoms with Crippen LogP contribution in [0.1, 0.15) is 5.56 Å². The zero-order chi connectivity index (χ0) is 14.8. The predicted octanol–water partition coefficient (Wildman–Crippen LogP) is 3.04. The molecule has 1 N–H and O–H groups in total. The van der Waals surface area contributed by atoms with Crippen LogP contribution in [0.25, 0.3) is 11.1 Å². The highest BCUT2D eigenvalue weighted by Gasteiger charge is 2.20. The largest absolute Gasteiger partial charge is 0.369 e. The van der Waals surface area contributed by atoms with Crippen molar-refractivity contribution in [3.8, 4) is 11.1 Å². The lowest BCUT2D eigenvalue weighted by Gasteiger charge is -2.29. The number of hydrogen-bond acceptors (Lipinski definition) is 5. The van der Waals surface area contributed by atoms with E-state index in [4.69, 9.17) is 0 Å². The Morgan fingerprint density at radius 2 is 2.00 bits per heavy atom. The third-order valence-electron chi connectivity index (χ3n) is 3.80. The van der Waals surface area contributed by atoms with Crippen molar-refractivity contribution in [2.24, 2.45) is 0 Å². The normalized spacial score (nSPS) is 15.2. The Morgan fingerprint density at radius 3 is 2.62 bits per heavy atom. The van der Waals surface area contributed by atoms with E-state index >= 15 is 0 Å². The van der Waals surface area contributed by atoms with Crippen LogP contribution < -0.4 is 10.2 Å². The first-order valence-electron chi connectivity index (χ1n) is 6.94. The summed E-state index contributed by atoms with van der Waals surface area (Å²) in [5, 5.41) is 18.6. The molecule has 0 amide bonds. The van der Waals surface area contributed by atoms with Crippen LogP contribution in [0.4, 0.5) is 11.4 Å². The fourth-order valence-corrected chi connectivity index (χ4v) is 3.50. The Kier molecular flexibility index (Phi) is 3.90. The van der Waals surface area contributed by atoms with E-state index in [0.29, 0.717) is 0 Å². The van der Waals surface area contributed by atoms with Gasteiger partial charge in [-0.3, -0.25) is 10.1 Å². The minimum absolute atomic E-state index is 0.176. The Hall–Kier alpha value is -1.92. The molecule has 0 spiro atoms. The standard InChI is InChI=1S/C15H17N3O2S/c1-11-9-21-10-14(11)13-8-12(2-3-15(13)18(19)20)17-6-4-16-5-7-17/h2-3,8-10,16H,4-7H2,1H3. The molecular formula is C15H17N3O2S. The number of nitro groups is 1. The van der Waals surface area contributed by atoms with Gasteiger partial charge >= 0.3 is 0 Å². The van der Waals surface area contributed by atoms with Crippen molar-refractivity contribution < 1.29 is 4.92 Å². The summed E-state index contributed by atoms with van der Waals surface area (Å²) in [7, 11) is 0. The topological polar surface area (TPSA) is 58.4 Å². The summed E-state index contributed by atoms with van der Waals surface area (Å²) in [4.78, 5) is 13.3. The van der Waals surface area contributed by atoms with Gasteiger partial charge in [0.15, 0.2) is 0 Å². The van der Waals surface area contributed by atoms with E-state index in [2.05, 4.69) is 10.2 Å². The van der Waals surface area contributed by atoms with E-state index in [1.54, 1.807) is 17.4 Å². The summed E-state index contributed by atoms with van der Waals surface area (Å²) < 4.78 is 0. The van der Waals surface area contributed by atoms with Gasteiger partial charge in [0.25, 0.3) is 5.69 Å². The van der Waals surface area contributed by atoms with Gasteiger partial charge in [-0.2, -0.15) is 11.3 Å². The number of anilines is 1. The summed E-state index contributed by atoms with van der Waals surface area (Å²) in [6.07, 6.45) is 0. The van der Waals surface area contributed by atoms with Crippen molar-refractivity contribution in [3.05, 3.63) is 44.6 Å². The second-order valence-corrected chi connectivity index (χ2v) is 5.91. The summed E-state index contributed by atoms with van der Waals surface area (Å²) >= 11 is 1.58. The highest BCUT2D eigenvalue weighted by atomic mass is 32.1. The molecule has 6 heteroatoms. The molecule has 2 aromatic rings. The molecule has 0 radical (unpaired) electrons. The molecule has 1 fully saturated rings. The molecule has 1 aliphatic heterocycles. The summed E-state index contributed by atoms with van der Waals surface area (Å²) in [6.45, 7) is 5.75. The average molecular weight is 303 g/mol. The zero-order valence-corrected chi connectivity index (χ0v) is 12.7. The van der Waals surface area contributed by atoms with Crippen molar-refractivity contribution in [3.63, 3.8) is 0 Å². The van der Waals surface area contributed by atoms with Crippen LogP contribution in [-0.4, -0.2) is 31.1 Å². The molecule has 0 bridgehead atoms. The number of piperazine rings is 1. The van der Waals surface area contributed by atoms with Crippen LogP contribution in [0.15, 0.2) is 29.0 Å². The number of nitrogens with one attached hydrogen (secondary N) is 1. The third kappa shape index (κ3) is 2.77. The van der Waals surface area contributed by atoms with Crippen LogP contribution in [0.5, 0.6) is 0 Å². The lowest BCUT2D eigenvalue weighted by atomic mass is 10.0. The van der Waals surface area contributed by atoms with Crippen LogP contribution in [-0.2, 0) is 0 Å². The molecule has 0 aliphatic carbocycles. The molecule has 3 rings (SSSR count). The second kappa shape index (κ2) is 5.83. The fourth-order valence-electron chi connectivity index (χ4n) is 2.66. The Morgan fingerprint density at radius 1 is 1.24 bits per heavy atom. The number of rotatable bonds is 3. The van der Waals surface area contributed by atoms with Gasteiger partial charge in [-0.25, -0.2) is 0 Å². The summed E-state index contributed by atoms with van der Waals surface area (Å²) in [5.41, 5.74) is 4.00. The quantitative estimate of drug-likeness (QED) is 0.699. The second-order valence-electron chi connectivity index (χ2n) is 5.16. The average Bonchev–Trinajstić information content (AvgIpc) is 2.93. The number of benzene rings is 1. The van der Waals surface area contributed by atoms with Gasteiger partial charge in [0, 0.05) is 43.5 Å². The smallest absolute Gasteiger partial charge is 0.277 e. The van der Waals surface area contributed by atoms with Crippen molar-refractivity contribution in [1.82, 2.24) is 5.32 Å². The molecular weight excluding hydrogens is 286 g/mol. The Labute approximate surface area is 127 Å². The molecule has 1 aromatic heterocycles. The molecule has 21 heavy (non-hydrogen) atoms. The number of nitrogens with zero attached hydrogens (tertiary/aromatic N) is 2. The lowest BCUT2D eigenvalue weighted by molar-refractivity contribution is -0.384. The van der Waals surface area contributed by atoms with E-state index in [1.807, 2.05) is 29.8 Å². The maximum Gasteiger partial charge on any atom is 0.277 e. The van der Waals surface area contributed by atoms with Gasteiger partial charge in [0.05, 0.1) is 10.5 Å². The number of thiophene rings is 1. The minimum atomic E-state index is -0.298. The SMILES string of the molecule is Cc1cscc1-c1cc(N2CCNCC2)ccc1[N+](=O)[O-]. The molecule has 1 aliphatic rings. The van der Waals surface area contributed by atoms with Crippen LogP contribution in [0, 0.1) is 17.0 Å². The van der Waals surface area contributed by atoms with Gasteiger partial charge < -0.3 is 10.2 Å². The highest BCUT2D eigenvalue weighted by molar-refractivity contribution is 7.08. The van der Waals surface area contributed by atoms with Gasteiger partial charge in [-0.1, -0.05) is 0 Å². The van der Waals surface area contributed by atoms with Crippen molar-refractivity contribution in [2.75, 3.05) is 31.1 Å². The predicted molar refractivity (Wildman–Crippen MR) is 86.2 cm³/mol. The zero-order valence-electron chi connectivity index (χ0n) is 11.8. The molecule has 1 saturated heterocycles. The monoisotopic (exact) mass is 303 g/mol. The third-order valence-corrected chi connectivity index (χ3v) is 4.67. The van der Waals surface area contributed by atoms with Crippen molar-refractivity contribution in [2.45, 2.75) is 6.92 Å². The fraction of sp³-hybridized carbons (Fsp3) is 0.333. The maximum atomic E-state index is 11.3. The number of aryl methyl sites for hydroxylation is 1. The van der Waals surface area contributed by atoms with E-state index < -0.39 is 0 Å². The first-order valence-corrected chi connectivity index (χ1v) is 7.88. The number of hydrogen-bond donors (Lipinski definition) is 1. The highest BCUT2D eigenvalue weighted by Crippen LogP contribution is 2.36. The van der Waals surface area contributed by atoms with E-state index in [0.717, 1.165) is 48.6 Å². The maximum absolute atomic E-state index is 11.3. The minimum Gasteiger partial charge on any atom is -0.369 e. The van der Waals surface area contributed by atoms with Gasteiger partial charge in [0.2, 0.25) is 0 Å². The van der Waals surface area contributed by atoms with Crippen LogP contribution in [0.2, 0.25) is 0 Å². The molecule has 1 aromatic carbocycles. The Balaban J connectivity index is 2.06. The van der Waals surface area contributed by atoms with Crippen LogP contribution in [0.3, 0.4) is 0 Å². The molecule has 5 nitrogen and oxygen atoms in total. The Bertz CT molecular complexity index is 663. The molecule has 0 atom stereocenters. The lowest BCUT2D eigenvalue weighted by Crippen LogP contribution is -2.43. The van der Waals surface area contributed by atoms with E-state index in [1.165, 1.54) is 0 Å². The number of nitro benzene ring substituents is 1. The van der Waals surface area contributed by atoms with E-state index in [-0.39, 0.29) is 10.6 Å². The molecule has 0 unspecified atom stereocenters. The molecule has 2 heterocycles. The van der Waals surface area contributed by atoms with Gasteiger partial charge in [0.1, 0.15) is 0 Å². The van der Waals surface area contributed by atoms with E-state index in [9.17, 15) is 10.1 Å². The molecule has 110 valence electrons. The summed E-state index contributed by atoms with van der Waals surface area (Å²) in [5.74, 6) is 0. The molecule has 0 saturated carbocycles. The first kappa shape index (κ1) is 14.0. The van der Waals surface area contributed by atoms with Crippen molar-refractivity contribution >= 4 is 22.7 Å². The van der Waals surface area contributed by atoms with Crippen molar-refractivity contribution in [1.29, 1.82) is 0 Å². The first-order chi connectivity index (χ1) is 10.2. The van der Waals surface area contributed by atoms with Gasteiger partial charge in [-0.05, 0) is 35.4 Å². The van der Waals surface area contributed by atoms with Crippen LogP contribution >= 0.6 is 11.3 Å².